The molecule has 0 radical (unpaired) electrons. The van der Waals surface area contributed by atoms with E-state index in [9.17, 15) is 8.42 Å². The zero-order valence-electron chi connectivity index (χ0n) is 7.54. The molecule has 2 nitrogen and oxygen atoms in total. The van der Waals surface area contributed by atoms with Gasteiger partial charge in [0, 0.05) is 10.7 Å². The number of halogens is 1. The summed E-state index contributed by atoms with van der Waals surface area (Å²) in [4.78, 5) is 0. The molecule has 0 aromatic heterocycles. The van der Waals surface area contributed by atoms with Crippen molar-refractivity contribution in [1.82, 2.24) is 0 Å². The summed E-state index contributed by atoms with van der Waals surface area (Å²) in [6.07, 6.45) is 0. The summed E-state index contributed by atoms with van der Waals surface area (Å²) in [6.45, 7) is 3.86. The van der Waals surface area contributed by atoms with Gasteiger partial charge in [0.15, 0.2) is 0 Å². The van der Waals surface area contributed by atoms with E-state index in [2.05, 4.69) is 0 Å². The number of benzene rings is 1. The molecule has 0 saturated carbocycles. The molecule has 0 spiro atoms. The van der Waals surface area contributed by atoms with E-state index in [1.807, 2.05) is 32.0 Å². The van der Waals surface area contributed by atoms with Crippen molar-refractivity contribution in [1.29, 1.82) is 0 Å². The largest absolute Gasteiger partial charge is 0.236 e. The normalized spacial score (nSPS) is 11.6. The Kier molecular flexibility index (Phi) is 2.98. The van der Waals surface area contributed by atoms with Crippen molar-refractivity contribution in [3.63, 3.8) is 0 Å². The number of hydrogen-bond acceptors (Lipinski definition) is 2. The standard InChI is InChI=1S/C9H11ClO2S/c1-7-3-8(2)5-9(4-7)6-13(10,11)12/h3-5H,6H2,1-2H3. The number of rotatable bonds is 2. The van der Waals surface area contributed by atoms with Crippen LogP contribution in [0.4, 0.5) is 0 Å². The van der Waals surface area contributed by atoms with Crippen LogP contribution in [0.15, 0.2) is 18.2 Å². The molecule has 0 aliphatic carbocycles. The van der Waals surface area contributed by atoms with E-state index in [1.54, 1.807) is 0 Å². The van der Waals surface area contributed by atoms with Crippen LogP contribution in [0.2, 0.25) is 0 Å². The lowest BCUT2D eigenvalue weighted by atomic mass is 10.1. The van der Waals surface area contributed by atoms with Crippen molar-refractivity contribution in [2.24, 2.45) is 0 Å². The molecule has 0 saturated heterocycles. The molecule has 0 fully saturated rings. The molecule has 4 heteroatoms. The maximum Gasteiger partial charge on any atom is 0.236 e. The highest BCUT2D eigenvalue weighted by atomic mass is 35.7. The summed E-state index contributed by atoms with van der Waals surface area (Å²) >= 11 is 0. The molecule has 1 aromatic carbocycles. The van der Waals surface area contributed by atoms with E-state index in [1.165, 1.54) is 0 Å². The minimum atomic E-state index is -3.44. The van der Waals surface area contributed by atoms with Gasteiger partial charge < -0.3 is 0 Å². The average molecular weight is 219 g/mol. The lowest BCUT2D eigenvalue weighted by Gasteiger charge is -2.02. The molecule has 13 heavy (non-hydrogen) atoms. The highest BCUT2D eigenvalue weighted by Gasteiger charge is 2.07. The van der Waals surface area contributed by atoms with Gasteiger partial charge >= 0.3 is 0 Å². The predicted molar refractivity (Wildman–Crippen MR) is 54.4 cm³/mol. The van der Waals surface area contributed by atoms with E-state index in [0.29, 0.717) is 0 Å². The fourth-order valence-electron chi connectivity index (χ4n) is 1.35. The van der Waals surface area contributed by atoms with Gasteiger partial charge in [0.1, 0.15) is 0 Å². The summed E-state index contributed by atoms with van der Waals surface area (Å²) in [5.41, 5.74) is 2.85. The van der Waals surface area contributed by atoms with Gasteiger partial charge in [0.2, 0.25) is 9.05 Å². The Bertz CT molecular complexity index is 389. The van der Waals surface area contributed by atoms with Gasteiger partial charge in [0.05, 0.1) is 5.75 Å². The first-order valence-electron chi connectivity index (χ1n) is 3.86. The lowest BCUT2D eigenvalue weighted by molar-refractivity contribution is 0.609. The summed E-state index contributed by atoms with van der Waals surface area (Å²) < 4.78 is 21.6. The smallest absolute Gasteiger partial charge is 0.212 e. The monoisotopic (exact) mass is 218 g/mol. The van der Waals surface area contributed by atoms with Gasteiger partial charge in [-0.15, -0.1) is 0 Å². The second kappa shape index (κ2) is 3.68. The number of aryl methyl sites for hydroxylation is 2. The molecule has 1 aromatic rings. The third-order valence-corrected chi connectivity index (χ3v) is 2.63. The van der Waals surface area contributed by atoms with Gasteiger partial charge in [-0.2, -0.15) is 0 Å². The van der Waals surface area contributed by atoms with Crippen molar-refractivity contribution in [2.45, 2.75) is 19.6 Å². The van der Waals surface area contributed by atoms with Crippen molar-refractivity contribution in [3.05, 3.63) is 34.9 Å². The number of hydrogen-bond donors (Lipinski definition) is 0. The zero-order chi connectivity index (χ0) is 10.1. The molecule has 72 valence electrons. The van der Waals surface area contributed by atoms with E-state index in [0.717, 1.165) is 16.7 Å². The van der Waals surface area contributed by atoms with Crippen molar-refractivity contribution >= 4 is 19.7 Å². The van der Waals surface area contributed by atoms with Crippen LogP contribution >= 0.6 is 10.7 Å². The first-order chi connectivity index (χ1) is 5.87. The van der Waals surface area contributed by atoms with Gasteiger partial charge in [-0.1, -0.05) is 29.3 Å². The first-order valence-corrected chi connectivity index (χ1v) is 6.34. The Morgan fingerprint density at radius 3 is 2.00 bits per heavy atom. The van der Waals surface area contributed by atoms with Crippen LogP contribution < -0.4 is 0 Å². The molecule has 1 rings (SSSR count). The molecular formula is C9H11ClO2S. The maximum absolute atomic E-state index is 10.8. The van der Waals surface area contributed by atoms with E-state index < -0.39 is 9.05 Å². The van der Waals surface area contributed by atoms with Crippen molar-refractivity contribution in [2.75, 3.05) is 0 Å². The fraction of sp³-hybridized carbons (Fsp3) is 0.333. The Morgan fingerprint density at radius 1 is 1.15 bits per heavy atom. The minimum Gasteiger partial charge on any atom is -0.212 e. The SMILES string of the molecule is Cc1cc(C)cc(CS(=O)(=O)Cl)c1. The molecule has 0 aliphatic heterocycles. The molecule has 0 amide bonds. The summed E-state index contributed by atoms with van der Waals surface area (Å²) in [5, 5.41) is 0. The van der Waals surface area contributed by atoms with Crippen molar-refractivity contribution in [3.8, 4) is 0 Å². The fourth-order valence-corrected chi connectivity index (χ4v) is 2.29. The van der Waals surface area contributed by atoms with E-state index in [-0.39, 0.29) is 5.75 Å². The van der Waals surface area contributed by atoms with E-state index >= 15 is 0 Å². The first kappa shape index (κ1) is 10.5. The molecule has 0 atom stereocenters. The van der Waals surface area contributed by atoms with Gasteiger partial charge in [-0.05, 0) is 19.4 Å². The molecule has 0 heterocycles. The maximum atomic E-state index is 10.8. The van der Waals surface area contributed by atoms with Crippen LogP contribution in [0, 0.1) is 13.8 Å². The Balaban J connectivity index is 3.03. The van der Waals surface area contributed by atoms with Crippen LogP contribution in [-0.4, -0.2) is 8.42 Å². The quantitative estimate of drug-likeness (QED) is 0.715. The Hall–Kier alpha value is -0.540. The van der Waals surface area contributed by atoms with Crippen LogP contribution in [0.1, 0.15) is 16.7 Å². The predicted octanol–water partition coefficient (Wildman–Crippen LogP) is 2.37. The van der Waals surface area contributed by atoms with E-state index in [4.69, 9.17) is 10.7 Å². The molecule has 0 aliphatic rings. The van der Waals surface area contributed by atoms with Crippen LogP contribution in [0.25, 0.3) is 0 Å². The van der Waals surface area contributed by atoms with Crippen LogP contribution in [0.3, 0.4) is 0 Å². The molecule has 0 N–H and O–H groups in total. The highest BCUT2D eigenvalue weighted by molar-refractivity contribution is 8.13. The molecule has 0 unspecified atom stereocenters. The lowest BCUT2D eigenvalue weighted by Crippen LogP contribution is -1.95. The minimum absolute atomic E-state index is 0.100. The topological polar surface area (TPSA) is 34.1 Å². The Morgan fingerprint density at radius 2 is 1.62 bits per heavy atom. The van der Waals surface area contributed by atoms with Crippen LogP contribution in [-0.2, 0) is 14.8 Å². The summed E-state index contributed by atoms with van der Waals surface area (Å²) in [5.74, 6) is -0.100. The second-order valence-electron chi connectivity index (χ2n) is 3.18. The molecular weight excluding hydrogens is 208 g/mol. The zero-order valence-corrected chi connectivity index (χ0v) is 9.11. The van der Waals surface area contributed by atoms with Gasteiger partial charge in [-0.3, -0.25) is 0 Å². The average Bonchev–Trinajstić information content (AvgIpc) is 1.78. The van der Waals surface area contributed by atoms with Crippen LogP contribution in [0.5, 0.6) is 0 Å². The van der Waals surface area contributed by atoms with Gasteiger partial charge in [-0.25, -0.2) is 8.42 Å². The molecule has 0 bridgehead atoms. The van der Waals surface area contributed by atoms with Gasteiger partial charge in [0.25, 0.3) is 0 Å². The highest BCUT2D eigenvalue weighted by Crippen LogP contribution is 2.13. The third-order valence-electron chi connectivity index (χ3n) is 1.62. The van der Waals surface area contributed by atoms with Crippen molar-refractivity contribution < 1.29 is 8.42 Å². The second-order valence-corrected chi connectivity index (χ2v) is 5.96. The Labute approximate surface area is 83.0 Å². The summed E-state index contributed by atoms with van der Waals surface area (Å²) in [6, 6.07) is 5.64. The summed E-state index contributed by atoms with van der Waals surface area (Å²) in [7, 11) is 1.71. The third kappa shape index (κ3) is 3.79.